The van der Waals surface area contributed by atoms with Crippen molar-refractivity contribution in [2.24, 2.45) is 0 Å². The standard InChI is InChI=1S/C26H26N4O4/c1-26(15-17-8-7-11-34-17)23(31)22(24-28-20-9-5-6-10-21(20)29-24)25(27-2)30(26)16-12-18(32-3)14-19(13-16)33-4/h5-14,27H,15H2,1-4H3,(H,28,29). The topological polar surface area (TPSA) is 92.6 Å². The lowest BCUT2D eigenvalue weighted by molar-refractivity contribution is -0.117. The number of methoxy groups -OCH3 is 2. The summed E-state index contributed by atoms with van der Waals surface area (Å²) in [5.74, 6) is 3.02. The highest BCUT2D eigenvalue weighted by Gasteiger charge is 2.52. The van der Waals surface area contributed by atoms with Gasteiger partial charge in [-0.15, -0.1) is 0 Å². The zero-order chi connectivity index (χ0) is 23.9. The van der Waals surface area contributed by atoms with Gasteiger partial charge in [0.1, 0.15) is 40.0 Å². The molecule has 5 rings (SSSR count). The quantitative estimate of drug-likeness (QED) is 0.430. The van der Waals surface area contributed by atoms with Gasteiger partial charge in [-0.1, -0.05) is 12.1 Å². The number of aromatic amines is 1. The van der Waals surface area contributed by atoms with Crippen molar-refractivity contribution >= 4 is 28.1 Å². The molecule has 0 saturated heterocycles. The summed E-state index contributed by atoms with van der Waals surface area (Å²) >= 11 is 0. The number of fused-ring (bicyclic) bond motifs is 1. The van der Waals surface area contributed by atoms with Crippen LogP contribution in [0.1, 0.15) is 18.5 Å². The molecule has 0 radical (unpaired) electrons. The van der Waals surface area contributed by atoms with E-state index in [0.717, 1.165) is 16.7 Å². The van der Waals surface area contributed by atoms with Crippen molar-refractivity contribution in [1.29, 1.82) is 0 Å². The van der Waals surface area contributed by atoms with E-state index in [9.17, 15) is 4.79 Å². The molecule has 8 nitrogen and oxygen atoms in total. The van der Waals surface area contributed by atoms with Crippen molar-refractivity contribution in [2.75, 3.05) is 26.2 Å². The van der Waals surface area contributed by atoms with Gasteiger partial charge in [0.15, 0.2) is 5.78 Å². The molecule has 4 aromatic rings. The van der Waals surface area contributed by atoms with Crippen molar-refractivity contribution in [3.05, 3.63) is 78.3 Å². The first-order chi connectivity index (χ1) is 16.5. The minimum atomic E-state index is -0.998. The molecule has 2 aromatic carbocycles. The van der Waals surface area contributed by atoms with Crippen LogP contribution >= 0.6 is 0 Å². The first kappa shape index (κ1) is 21.6. The zero-order valence-corrected chi connectivity index (χ0v) is 19.5. The molecular formula is C26H26N4O4. The van der Waals surface area contributed by atoms with Gasteiger partial charge in [-0.25, -0.2) is 4.98 Å². The second kappa shape index (κ2) is 8.30. The molecule has 1 unspecified atom stereocenters. The van der Waals surface area contributed by atoms with E-state index in [4.69, 9.17) is 18.9 Å². The average molecular weight is 459 g/mol. The lowest BCUT2D eigenvalue weighted by atomic mass is 9.88. The minimum Gasteiger partial charge on any atom is -0.497 e. The Morgan fingerprint density at radius 1 is 1.09 bits per heavy atom. The number of hydrogen-bond acceptors (Lipinski definition) is 7. The molecule has 3 heterocycles. The third kappa shape index (κ3) is 3.39. The van der Waals surface area contributed by atoms with Gasteiger partial charge in [0, 0.05) is 31.7 Å². The number of ketones is 1. The lowest BCUT2D eigenvalue weighted by Crippen LogP contribution is -2.50. The fraction of sp³-hybridized carbons (Fsp3) is 0.231. The Kier molecular flexibility index (Phi) is 5.28. The largest absolute Gasteiger partial charge is 0.497 e. The van der Waals surface area contributed by atoms with E-state index in [0.29, 0.717) is 40.9 Å². The summed E-state index contributed by atoms with van der Waals surface area (Å²) < 4.78 is 16.7. The van der Waals surface area contributed by atoms with Crippen LogP contribution in [0.25, 0.3) is 16.6 Å². The summed E-state index contributed by atoms with van der Waals surface area (Å²) in [4.78, 5) is 24.2. The molecule has 34 heavy (non-hydrogen) atoms. The van der Waals surface area contributed by atoms with Crippen molar-refractivity contribution in [3.8, 4) is 11.5 Å². The number of carbonyl (C=O) groups excluding carboxylic acids is 1. The van der Waals surface area contributed by atoms with Gasteiger partial charge >= 0.3 is 0 Å². The number of imidazole rings is 1. The molecule has 0 amide bonds. The molecule has 1 aliphatic heterocycles. The SMILES string of the molecule is CNC1=C(c2nc3ccccc3[nH]2)C(=O)C(C)(Cc2ccco2)N1c1cc(OC)cc(OC)c1. The maximum absolute atomic E-state index is 14.2. The third-order valence-corrected chi connectivity index (χ3v) is 6.23. The summed E-state index contributed by atoms with van der Waals surface area (Å²) in [6, 6.07) is 17.0. The summed E-state index contributed by atoms with van der Waals surface area (Å²) in [5, 5.41) is 3.26. The number of nitrogens with one attached hydrogen (secondary N) is 2. The molecule has 0 spiro atoms. The molecule has 0 fully saturated rings. The van der Waals surface area contributed by atoms with Crippen LogP contribution in [-0.2, 0) is 11.2 Å². The Morgan fingerprint density at radius 2 is 1.82 bits per heavy atom. The molecule has 0 bridgehead atoms. The molecule has 0 aliphatic carbocycles. The minimum absolute atomic E-state index is 0.0749. The normalized spacial score (nSPS) is 18.1. The summed E-state index contributed by atoms with van der Waals surface area (Å²) in [7, 11) is 5.00. The highest BCUT2D eigenvalue weighted by molar-refractivity contribution is 6.30. The number of ether oxygens (including phenoxy) is 2. The Morgan fingerprint density at radius 3 is 2.44 bits per heavy atom. The first-order valence-electron chi connectivity index (χ1n) is 11.0. The summed E-state index contributed by atoms with van der Waals surface area (Å²) in [6.07, 6.45) is 1.97. The Balaban J connectivity index is 1.74. The van der Waals surface area contributed by atoms with E-state index < -0.39 is 5.54 Å². The van der Waals surface area contributed by atoms with Gasteiger partial charge < -0.3 is 29.1 Å². The van der Waals surface area contributed by atoms with Crippen LogP contribution in [0.2, 0.25) is 0 Å². The number of carbonyl (C=O) groups is 1. The van der Waals surface area contributed by atoms with E-state index in [2.05, 4.69) is 10.3 Å². The molecule has 0 saturated carbocycles. The summed E-state index contributed by atoms with van der Waals surface area (Å²) in [5.41, 5.74) is 1.88. The highest BCUT2D eigenvalue weighted by atomic mass is 16.5. The van der Waals surface area contributed by atoms with E-state index in [1.807, 2.05) is 60.4 Å². The number of rotatable bonds is 7. The molecule has 1 atom stereocenters. The maximum Gasteiger partial charge on any atom is 0.196 e. The Hall–Kier alpha value is -4.20. The molecule has 1 aliphatic rings. The second-order valence-corrected chi connectivity index (χ2v) is 8.34. The van der Waals surface area contributed by atoms with Crippen molar-refractivity contribution in [2.45, 2.75) is 18.9 Å². The predicted octanol–water partition coefficient (Wildman–Crippen LogP) is 4.15. The Labute approximate surface area is 197 Å². The van der Waals surface area contributed by atoms with E-state index in [1.54, 1.807) is 33.6 Å². The van der Waals surface area contributed by atoms with Crippen molar-refractivity contribution in [3.63, 3.8) is 0 Å². The van der Waals surface area contributed by atoms with Crippen LogP contribution in [0.15, 0.2) is 71.1 Å². The van der Waals surface area contributed by atoms with Crippen molar-refractivity contribution in [1.82, 2.24) is 15.3 Å². The van der Waals surface area contributed by atoms with Gasteiger partial charge in [0.2, 0.25) is 0 Å². The van der Waals surface area contributed by atoms with Crippen LogP contribution in [-0.4, -0.2) is 42.6 Å². The van der Waals surface area contributed by atoms with E-state index in [-0.39, 0.29) is 5.78 Å². The molecule has 2 N–H and O–H groups in total. The molecule has 2 aromatic heterocycles. The fourth-order valence-electron chi connectivity index (χ4n) is 4.61. The number of benzene rings is 2. The number of H-pyrrole nitrogens is 1. The van der Waals surface area contributed by atoms with E-state index in [1.165, 1.54) is 0 Å². The van der Waals surface area contributed by atoms with Crippen LogP contribution in [0, 0.1) is 0 Å². The monoisotopic (exact) mass is 458 g/mol. The fourth-order valence-corrected chi connectivity index (χ4v) is 4.61. The Bertz CT molecular complexity index is 1330. The smallest absolute Gasteiger partial charge is 0.196 e. The number of nitrogens with zero attached hydrogens (tertiary/aromatic N) is 2. The predicted molar refractivity (Wildman–Crippen MR) is 130 cm³/mol. The van der Waals surface area contributed by atoms with Gasteiger partial charge in [-0.3, -0.25) is 4.79 Å². The van der Waals surface area contributed by atoms with Crippen molar-refractivity contribution < 1.29 is 18.7 Å². The van der Waals surface area contributed by atoms with Gasteiger partial charge in [-0.2, -0.15) is 0 Å². The number of hydrogen-bond donors (Lipinski definition) is 2. The van der Waals surface area contributed by atoms with Crippen LogP contribution < -0.4 is 19.7 Å². The summed E-state index contributed by atoms with van der Waals surface area (Å²) in [6.45, 7) is 1.91. The zero-order valence-electron chi connectivity index (χ0n) is 19.5. The number of para-hydroxylation sites is 2. The number of furan rings is 1. The number of Topliss-reactive ketones (excluding diaryl/α,β-unsaturated/α-hetero) is 1. The van der Waals surface area contributed by atoms with Gasteiger partial charge in [0.05, 0.1) is 37.2 Å². The van der Waals surface area contributed by atoms with Crippen LogP contribution in [0.3, 0.4) is 0 Å². The molecular weight excluding hydrogens is 432 g/mol. The van der Waals surface area contributed by atoms with E-state index >= 15 is 0 Å². The molecule has 174 valence electrons. The van der Waals surface area contributed by atoms with Gasteiger partial charge in [0.25, 0.3) is 0 Å². The third-order valence-electron chi connectivity index (χ3n) is 6.23. The first-order valence-corrected chi connectivity index (χ1v) is 11.0. The van der Waals surface area contributed by atoms with Crippen LogP contribution in [0.4, 0.5) is 5.69 Å². The second-order valence-electron chi connectivity index (χ2n) is 8.34. The highest BCUT2D eigenvalue weighted by Crippen LogP contribution is 2.44. The average Bonchev–Trinajstić information content (AvgIpc) is 3.56. The maximum atomic E-state index is 14.2. The van der Waals surface area contributed by atoms with Gasteiger partial charge in [-0.05, 0) is 31.2 Å². The lowest BCUT2D eigenvalue weighted by Gasteiger charge is -2.37. The number of aromatic nitrogens is 2. The number of anilines is 1. The van der Waals surface area contributed by atoms with Crippen LogP contribution in [0.5, 0.6) is 11.5 Å². The molecule has 8 heteroatoms.